The highest BCUT2D eigenvalue weighted by Crippen LogP contribution is 2.31. The first-order valence-electron chi connectivity index (χ1n) is 8.48. The number of rotatable bonds is 8. The van der Waals surface area contributed by atoms with Crippen LogP contribution >= 0.6 is 0 Å². The maximum absolute atomic E-state index is 9.13. The molecule has 0 aliphatic heterocycles. The van der Waals surface area contributed by atoms with Crippen LogP contribution in [0.1, 0.15) is 49.7 Å². The van der Waals surface area contributed by atoms with Crippen molar-refractivity contribution in [3.63, 3.8) is 0 Å². The Morgan fingerprint density at radius 1 is 1.24 bits per heavy atom. The molecule has 0 amide bonds. The van der Waals surface area contributed by atoms with Crippen molar-refractivity contribution in [3.8, 4) is 0 Å². The van der Waals surface area contributed by atoms with Gasteiger partial charge in [0.1, 0.15) is 0 Å². The van der Waals surface area contributed by atoms with Crippen LogP contribution in [0.4, 0.5) is 5.69 Å². The summed E-state index contributed by atoms with van der Waals surface area (Å²) in [6.07, 6.45) is 7.50. The number of aliphatic hydroxyl groups is 1. The van der Waals surface area contributed by atoms with E-state index in [1.54, 1.807) is 0 Å². The molecule has 0 spiro atoms. The van der Waals surface area contributed by atoms with Crippen LogP contribution < -0.4 is 10.2 Å². The Morgan fingerprint density at radius 2 is 2.05 bits per heavy atom. The van der Waals surface area contributed by atoms with Gasteiger partial charge in [0.15, 0.2) is 0 Å². The van der Waals surface area contributed by atoms with Crippen LogP contribution in [-0.4, -0.2) is 30.3 Å². The molecule has 0 heterocycles. The second-order valence-corrected chi connectivity index (χ2v) is 6.62. The molecule has 2 aliphatic rings. The van der Waals surface area contributed by atoms with Crippen LogP contribution in [0.25, 0.3) is 0 Å². The van der Waals surface area contributed by atoms with Gasteiger partial charge in [0, 0.05) is 37.5 Å². The maximum Gasteiger partial charge on any atom is 0.0447 e. The summed E-state index contributed by atoms with van der Waals surface area (Å²) in [7, 11) is 0. The number of aliphatic hydroxyl groups excluding tert-OH is 1. The van der Waals surface area contributed by atoms with E-state index in [2.05, 4.69) is 35.3 Å². The molecule has 21 heavy (non-hydrogen) atoms. The fourth-order valence-corrected chi connectivity index (χ4v) is 3.06. The predicted molar refractivity (Wildman–Crippen MR) is 87.7 cm³/mol. The average molecular weight is 288 g/mol. The summed E-state index contributed by atoms with van der Waals surface area (Å²) >= 11 is 0. The summed E-state index contributed by atoms with van der Waals surface area (Å²) in [6.45, 7) is 4.47. The molecule has 0 unspecified atom stereocenters. The molecular formula is C18H28N2O. The minimum Gasteiger partial charge on any atom is -0.396 e. The van der Waals surface area contributed by atoms with E-state index in [9.17, 15) is 0 Å². The Balaban J connectivity index is 1.67. The molecule has 3 rings (SSSR count). The van der Waals surface area contributed by atoms with E-state index < -0.39 is 0 Å². The molecule has 1 aromatic carbocycles. The lowest BCUT2D eigenvalue weighted by molar-refractivity contribution is 0.283. The van der Waals surface area contributed by atoms with Crippen molar-refractivity contribution in [1.29, 1.82) is 0 Å². The van der Waals surface area contributed by atoms with Crippen molar-refractivity contribution in [2.45, 2.75) is 64.1 Å². The van der Waals surface area contributed by atoms with E-state index >= 15 is 0 Å². The molecule has 116 valence electrons. The zero-order chi connectivity index (χ0) is 14.7. The first-order chi connectivity index (χ1) is 10.3. The molecule has 2 N–H and O–H groups in total. The lowest BCUT2D eigenvalue weighted by atomic mass is 9.90. The highest BCUT2D eigenvalue weighted by atomic mass is 16.3. The van der Waals surface area contributed by atoms with Gasteiger partial charge in [-0.3, -0.25) is 0 Å². The molecule has 0 atom stereocenters. The molecule has 0 saturated heterocycles. The Bertz CT molecular complexity index is 466. The second kappa shape index (κ2) is 6.80. The monoisotopic (exact) mass is 288 g/mol. The Labute approximate surface area is 128 Å². The van der Waals surface area contributed by atoms with E-state index in [0.717, 1.165) is 25.6 Å². The van der Waals surface area contributed by atoms with Gasteiger partial charge in [-0.05, 0) is 68.7 Å². The van der Waals surface area contributed by atoms with Crippen LogP contribution in [-0.2, 0) is 6.54 Å². The van der Waals surface area contributed by atoms with Crippen molar-refractivity contribution >= 4 is 5.69 Å². The van der Waals surface area contributed by atoms with Crippen molar-refractivity contribution < 1.29 is 5.11 Å². The summed E-state index contributed by atoms with van der Waals surface area (Å²) in [5, 5.41) is 12.7. The molecule has 0 radical (unpaired) electrons. The van der Waals surface area contributed by atoms with Crippen LogP contribution in [0.5, 0.6) is 0 Å². The Kier molecular flexibility index (Phi) is 4.81. The third kappa shape index (κ3) is 3.78. The van der Waals surface area contributed by atoms with Crippen molar-refractivity contribution in [1.82, 2.24) is 5.32 Å². The van der Waals surface area contributed by atoms with Gasteiger partial charge < -0.3 is 15.3 Å². The fourth-order valence-electron chi connectivity index (χ4n) is 3.06. The molecule has 1 aromatic rings. The summed E-state index contributed by atoms with van der Waals surface area (Å²) in [5.74, 6) is 0. The number of benzene rings is 1. The number of nitrogens with one attached hydrogen (secondary N) is 1. The second-order valence-electron chi connectivity index (χ2n) is 6.62. The van der Waals surface area contributed by atoms with E-state index in [0.29, 0.717) is 6.04 Å². The Morgan fingerprint density at radius 3 is 2.62 bits per heavy atom. The number of aryl methyl sites for hydroxylation is 1. The molecule has 3 heteroatoms. The van der Waals surface area contributed by atoms with Gasteiger partial charge in [-0.25, -0.2) is 0 Å². The third-order valence-corrected chi connectivity index (χ3v) is 4.89. The topological polar surface area (TPSA) is 35.5 Å². The molecule has 2 fully saturated rings. The quantitative estimate of drug-likeness (QED) is 0.772. The van der Waals surface area contributed by atoms with E-state index in [-0.39, 0.29) is 6.61 Å². The smallest absolute Gasteiger partial charge is 0.0447 e. The SMILES string of the molecule is Cc1cc(N(CCCO)C2CCC2)ccc1CNC1CC1. The minimum absolute atomic E-state index is 0.283. The molecule has 2 saturated carbocycles. The maximum atomic E-state index is 9.13. The highest BCUT2D eigenvalue weighted by molar-refractivity contribution is 5.52. The van der Waals surface area contributed by atoms with Crippen molar-refractivity contribution in [2.24, 2.45) is 0 Å². The largest absolute Gasteiger partial charge is 0.396 e. The zero-order valence-corrected chi connectivity index (χ0v) is 13.1. The lowest BCUT2D eigenvalue weighted by Gasteiger charge is -2.39. The summed E-state index contributed by atoms with van der Waals surface area (Å²) < 4.78 is 0. The average Bonchev–Trinajstić information content (AvgIpc) is 3.24. The van der Waals surface area contributed by atoms with Gasteiger partial charge in [0.2, 0.25) is 0 Å². The molecule has 2 aliphatic carbocycles. The van der Waals surface area contributed by atoms with Crippen LogP contribution in [0.2, 0.25) is 0 Å². The predicted octanol–water partition coefficient (Wildman–Crippen LogP) is 2.99. The van der Waals surface area contributed by atoms with Gasteiger partial charge in [-0.15, -0.1) is 0 Å². The van der Waals surface area contributed by atoms with E-state index in [1.165, 1.54) is 48.9 Å². The van der Waals surface area contributed by atoms with Crippen molar-refractivity contribution in [2.75, 3.05) is 18.1 Å². The van der Waals surface area contributed by atoms with Crippen LogP contribution in [0, 0.1) is 6.92 Å². The number of nitrogens with zero attached hydrogens (tertiary/aromatic N) is 1. The molecule has 3 nitrogen and oxygen atoms in total. The van der Waals surface area contributed by atoms with Gasteiger partial charge in [-0.1, -0.05) is 6.07 Å². The number of anilines is 1. The van der Waals surface area contributed by atoms with Gasteiger partial charge in [0.25, 0.3) is 0 Å². The summed E-state index contributed by atoms with van der Waals surface area (Å²) in [4.78, 5) is 2.50. The zero-order valence-electron chi connectivity index (χ0n) is 13.1. The van der Waals surface area contributed by atoms with E-state index in [4.69, 9.17) is 5.11 Å². The Hall–Kier alpha value is -1.06. The molecule has 0 aromatic heterocycles. The number of hydrogen-bond donors (Lipinski definition) is 2. The van der Waals surface area contributed by atoms with E-state index in [1.807, 2.05) is 0 Å². The third-order valence-electron chi connectivity index (χ3n) is 4.89. The lowest BCUT2D eigenvalue weighted by Crippen LogP contribution is -2.41. The summed E-state index contributed by atoms with van der Waals surface area (Å²) in [5.41, 5.74) is 4.14. The van der Waals surface area contributed by atoms with Crippen molar-refractivity contribution in [3.05, 3.63) is 29.3 Å². The highest BCUT2D eigenvalue weighted by Gasteiger charge is 2.25. The molecule has 0 bridgehead atoms. The van der Waals surface area contributed by atoms with Gasteiger partial charge >= 0.3 is 0 Å². The number of hydrogen-bond acceptors (Lipinski definition) is 3. The first kappa shape index (κ1) is 14.9. The van der Waals surface area contributed by atoms with Crippen LogP contribution in [0.15, 0.2) is 18.2 Å². The summed E-state index contributed by atoms with van der Waals surface area (Å²) in [6, 6.07) is 8.34. The van der Waals surface area contributed by atoms with Gasteiger partial charge in [-0.2, -0.15) is 0 Å². The standard InChI is InChI=1S/C18H28N2O/c1-14-12-18(9-6-15(14)13-19-16-7-8-16)20(10-3-11-21)17-4-2-5-17/h6,9,12,16-17,19,21H,2-5,7-8,10-11,13H2,1H3. The first-order valence-corrected chi connectivity index (χ1v) is 8.48. The van der Waals surface area contributed by atoms with Crippen LogP contribution in [0.3, 0.4) is 0 Å². The molecular weight excluding hydrogens is 260 g/mol. The van der Waals surface area contributed by atoms with Gasteiger partial charge in [0.05, 0.1) is 0 Å². The normalized spacial score (nSPS) is 18.6. The fraction of sp³-hybridized carbons (Fsp3) is 0.667. The minimum atomic E-state index is 0.283.